The van der Waals surface area contributed by atoms with E-state index in [-0.39, 0.29) is 80.9 Å². The van der Waals surface area contributed by atoms with E-state index in [1.54, 1.807) is 0 Å². The molecule has 10 heavy (non-hydrogen) atoms. The van der Waals surface area contributed by atoms with E-state index < -0.39 is 15.5 Å². The summed E-state index contributed by atoms with van der Waals surface area (Å²) >= 11 is 0. The Morgan fingerprint density at radius 2 is 1.30 bits per heavy atom. The molecule has 0 saturated heterocycles. The van der Waals surface area contributed by atoms with Gasteiger partial charge < -0.3 is 29.1 Å². The van der Waals surface area contributed by atoms with Crippen LogP contribution in [0.2, 0.25) is 0 Å². The van der Waals surface area contributed by atoms with Crippen LogP contribution in [0.5, 0.6) is 0 Å². The third-order valence-corrected chi connectivity index (χ3v) is 0. The smallest absolute Gasteiger partial charge is 0.794 e. The molecule has 50 valence electrons. The fourth-order valence-electron chi connectivity index (χ4n) is 0. The molecule has 0 rings (SSSR count). The molecular formula is CH4KNaO6Si. The molecule has 0 aliphatic rings. The molecule has 6 nitrogen and oxygen atoms in total. The van der Waals surface area contributed by atoms with Crippen LogP contribution in [-0.2, 0) is 4.79 Å². The molecule has 0 aromatic carbocycles. The van der Waals surface area contributed by atoms with E-state index in [1.165, 1.54) is 0 Å². The van der Waals surface area contributed by atoms with E-state index in [0.29, 0.717) is 0 Å². The first-order valence-corrected chi connectivity index (χ1v) is 3.10. The Balaban J connectivity index is -0.0000000326. The molecule has 0 radical (unpaired) electrons. The van der Waals surface area contributed by atoms with Crippen molar-refractivity contribution < 1.29 is 110 Å². The molecule has 0 spiro atoms. The zero-order chi connectivity index (χ0) is 7.21. The van der Waals surface area contributed by atoms with Crippen molar-refractivity contribution in [3.8, 4) is 0 Å². The first-order valence-electron chi connectivity index (χ1n) is 1.35. The summed E-state index contributed by atoms with van der Waals surface area (Å²) in [6, 6.07) is 0. The van der Waals surface area contributed by atoms with Gasteiger partial charge in [0.2, 0.25) is 0 Å². The van der Waals surface area contributed by atoms with E-state index in [1.807, 2.05) is 0 Å². The molecule has 0 heterocycles. The molecule has 0 aliphatic carbocycles. The van der Waals surface area contributed by atoms with E-state index in [9.17, 15) is 0 Å². The van der Waals surface area contributed by atoms with Crippen LogP contribution in [0.15, 0.2) is 0 Å². The minimum absolute atomic E-state index is 0. The van der Waals surface area contributed by atoms with Gasteiger partial charge in [-0.25, -0.2) is 0 Å². The summed E-state index contributed by atoms with van der Waals surface area (Å²) < 4.78 is 0. The molecule has 0 amide bonds. The van der Waals surface area contributed by atoms with Crippen LogP contribution in [0.1, 0.15) is 0 Å². The monoisotopic (exact) mass is 202 g/mol. The second-order valence-electron chi connectivity index (χ2n) is 0.670. The van der Waals surface area contributed by atoms with Gasteiger partial charge in [0.05, 0.1) is 0 Å². The predicted molar refractivity (Wildman–Crippen MR) is 18.5 cm³/mol. The van der Waals surface area contributed by atoms with Crippen LogP contribution < -0.4 is 90.8 Å². The number of carboxylic acid groups (broad SMARTS) is 1. The second kappa shape index (κ2) is 13.7. The van der Waals surface area contributed by atoms with Crippen LogP contribution in [0, 0.1) is 0 Å². The van der Waals surface area contributed by atoms with Crippen LogP contribution in [0.3, 0.4) is 0 Å². The van der Waals surface area contributed by atoms with Gasteiger partial charge in [0.1, 0.15) is 0 Å². The fraction of sp³-hybridized carbons (Fsp3) is 0. The number of carbonyl (C=O) groups is 1. The van der Waals surface area contributed by atoms with E-state index in [2.05, 4.69) is 0 Å². The Hall–Kier alpha value is 2.16. The van der Waals surface area contributed by atoms with Gasteiger partial charge in [-0.05, 0) is 0 Å². The maximum Gasteiger partial charge on any atom is 1.00 e. The molecule has 0 bridgehead atoms. The van der Waals surface area contributed by atoms with Gasteiger partial charge in [0.15, 0.2) is 0 Å². The minimum Gasteiger partial charge on any atom is -0.794 e. The number of hydrogen-bond donors (Lipinski definition) is 3. The molecule has 0 unspecified atom stereocenters. The van der Waals surface area contributed by atoms with Gasteiger partial charge in [-0.2, -0.15) is 0 Å². The zero-order valence-electron chi connectivity index (χ0n) is 5.64. The molecule has 0 aliphatic heterocycles. The quantitative estimate of drug-likeness (QED) is 0.265. The van der Waals surface area contributed by atoms with Gasteiger partial charge in [0.25, 0.3) is 0 Å². The summed E-state index contributed by atoms with van der Waals surface area (Å²) in [6.45, 7) is -0.500. The molecule has 0 atom stereocenters. The molecular weight excluding hydrogens is 198 g/mol. The normalized spacial score (nSPS) is 7.20. The number of rotatable bonds is 0. The van der Waals surface area contributed by atoms with Crippen molar-refractivity contribution in [1.82, 2.24) is 0 Å². The molecule has 0 aromatic heterocycles. The second-order valence-corrected chi connectivity index (χ2v) is 1.82. The van der Waals surface area contributed by atoms with Crippen molar-refractivity contribution in [3.63, 3.8) is 0 Å². The SMILES string of the molecule is O=C[O-].[K+].[Na+].[O-][Si](O)(O)O. The Kier molecular flexibility index (Phi) is 31.2. The number of carbonyl (C=O) groups excluding carboxylic acids is 1. The van der Waals surface area contributed by atoms with Gasteiger partial charge in [0, 0.05) is 6.47 Å². The van der Waals surface area contributed by atoms with Gasteiger partial charge in [-0.15, -0.1) is 0 Å². The number of hydrogen-bond acceptors (Lipinski definition) is 6. The largest absolute Gasteiger partial charge is 1.00 e. The summed E-state index contributed by atoms with van der Waals surface area (Å²) in [5.41, 5.74) is 0. The molecule has 3 N–H and O–H groups in total. The third kappa shape index (κ3) is 182. The first kappa shape index (κ1) is 22.7. The Bertz CT molecular complexity index is 57.3. The van der Waals surface area contributed by atoms with E-state index in [0.717, 1.165) is 0 Å². The average Bonchev–Trinajstić information content (AvgIpc) is 1.27. The van der Waals surface area contributed by atoms with Crippen LogP contribution >= 0.6 is 0 Å². The van der Waals surface area contributed by atoms with E-state index in [4.69, 9.17) is 29.1 Å². The van der Waals surface area contributed by atoms with Crippen molar-refractivity contribution >= 4 is 15.5 Å². The van der Waals surface area contributed by atoms with Crippen LogP contribution in [-0.4, -0.2) is 29.9 Å². The summed E-state index contributed by atoms with van der Waals surface area (Å²) in [5, 5.41) is 8.25. The van der Waals surface area contributed by atoms with Gasteiger partial charge in [-0.3, -0.25) is 0 Å². The maximum atomic E-state index is 8.91. The van der Waals surface area contributed by atoms with Gasteiger partial charge in [-0.1, -0.05) is 0 Å². The summed E-state index contributed by atoms with van der Waals surface area (Å²) in [7, 11) is -4.86. The van der Waals surface area contributed by atoms with Crippen molar-refractivity contribution in [2.75, 3.05) is 0 Å². The van der Waals surface area contributed by atoms with E-state index >= 15 is 0 Å². The van der Waals surface area contributed by atoms with Gasteiger partial charge >= 0.3 is 90.0 Å². The Labute approximate surface area is 123 Å². The van der Waals surface area contributed by atoms with Crippen LogP contribution in [0.4, 0.5) is 0 Å². The fourth-order valence-corrected chi connectivity index (χ4v) is 0. The predicted octanol–water partition coefficient (Wildman–Crippen LogP) is -10.9. The summed E-state index contributed by atoms with van der Waals surface area (Å²) in [4.78, 5) is 38.8. The molecule has 0 aromatic rings. The summed E-state index contributed by atoms with van der Waals surface area (Å²) in [6.07, 6.45) is 0. The topological polar surface area (TPSA) is 124 Å². The van der Waals surface area contributed by atoms with Crippen LogP contribution in [0.25, 0.3) is 0 Å². The summed E-state index contributed by atoms with van der Waals surface area (Å²) in [5.74, 6) is 0. The van der Waals surface area contributed by atoms with Crippen molar-refractivity contribution in [2.45, 2.75) is 0 Å². The minimum atomic E-state index is -4.86. The van der Waals surface area contributed by atoms with Crippen molar-refractivity contribution in [2.24, 2.45) is 0 Å². The zero-order valence-corrected chi connectivity index (χ0v) is 11.8. The molecule has 0 fully saturated rings. The van der Waals surface area contributed by atoms with Crippen molar-refractivity contribution in [3.05, 3.63) is 0 Å². The Morgan fingerprint density at radius 1 is 1.30 bits per heavy atom. The third-order valence-electron chi connectivity index (χ3n) is 0. The maximum absolute atomic E-state index is 8.91. The Morgan fingerprint density at radius 3 is 1.30 bits per heavy atom. The first-order chi connectivity index (χ1) is 3.41. The van der Waals surface area contributed by atoms with Crippen molar-refractivity contribution in [1.29, 1.82) is 0 Å². The molecule has 0 saturated carbocycles. The standard InChI is InChI=1S/CH2O2.K.Na.H3O4Si/c2-1-3;;;1-5(2,3)4/h1H,(H,2,3);;;1-3H/q;2*+1;-1/p-1. The average molecular weight is 202 g/mol. The molecule has 9 heteroatoms.